The maximum absolute atomic E-state index is 15.0. The standard InChI is InChI=1S/C46H58N8O9/c1-46(2,62)39-26-49-52-54(39)33-25-37(43(59)50-35(40(56)41(47)57)19-11-12-22-48-45(61)63-28-30-15-7-4-8-16-30)53(27-33)44(60)32(23-29-13-5-3-6-14-29)20-21-38(55)36-24-31-17-9-10-18-34(31)42(58)51-36/h4,7-10,15-18,24,26,29,32-33,35,37,62H,3,5-6,11-14,19-23,25,27-28H2,1-2H3,(H2,47,57)(H,48,61)(H,50,59)(H,51,58)/t32-,33+,35?,37+/m1/s1. The third-order valence-electron chi connectivity index (χ3n) is 12.2. The van der Waals surface area contributed by atoms with Crippen LogP contribution >= 0.6 is 0 Å². The van der Waals surface area contributed by atoms with E-state index < -0.39 is 53.3 Å². The van der Waals surface area contributed by atoms with E-state index in [4.69, 9.17) is 10.5 Å². The number of H-pyrrole nitrogens is 1. The summed E-state index contributed by atoms with van der Waals surface area (Å²) < 4.78 is 6.75. The van der Waals surface area contributed by atoms with E-state index >= 15 is 0 Å². The Morgan fingerprint density at radius 2 is 1.71 bits per heavy atom. The van der Waals surface area contributed by atoms with Crippen molar-refractivity contribution in [2.45, 2.75) is 121 Å². The molecule has 6 N–H and O–H groups in total. The van der Waals surface area contributed by atoms with Gasteiger partial charge in [0, 0.05) is 37.2 Å². The van der Waals surface area contributed by atoms with Gasteiger partial charge in [-0.05, 0) is 75.0 Å². The van der Waals surface area contributed by atoms with Crippen LogP contribution < -0.4 is 21.9 Å². The van der Waals surface area contributed by atoms with E-state index in [1.165, 1.54) is 15.8 Å². The van der Waals surface area contributed by atoms with Gasteiger partial charge in [-0.25, -0.2) is 9.48 Å². The fourth-order valence-corrected chi connectivity index (χ4v) is 8.78. The van der Waals surface area contributed by atoms with Gasteiger partial charge in [0.25, 0.3) is 11.5 Å². The minimum absolute atomic E-state index is 0.0109. The summed E-state index contributed by atoms with van der Waals surface area (Å²) in [5.41, 5.74) is 5.03. The number of Topliss-reactive ketones (excluding diaryl/α,β-unsaturated/α-hetero) is 2. The van der Waals surface area contributed by atoms with Gasteiger partial charge in [-0.2, -0.15) is 0 Å². The number of benzene rings is 2. The van der Waals surface area contributed by atoms with Gasteiger partial charge in [-0.3, -0.25) is 28.8 Å². The third-order valence-corrected chi connectivity index (χ3v) is 12.2. The van der Waals surface area contributed by atoms with Crippen molar-refractivity contribution in [2.75, 3.05) is 13.1 Å². The van der Waals surface area contributed by atoms with Crippen LogP contribution in [0.25, 0.3) is 10.8 Å². The molecule has 1 saturated heterocycles. The van der Waals surface area contributed by atoms with Crippen LogP contribution in [0.5, 0.6) is 0 Å². The highest BCUT2D eigenvalue weighted by Crippen LogP contribution is 2.36. The van der Waals surface area contributed by atoms with Crippen LogP contribution in [-0.4, -0.2) is 90.5 Å². The smallest absolute Gasteiger partial charge is 0.407 e. The summed E-state index contributed by atoms with van der Waals surface area (Å²) >= 11 is 0. The quantitative estimate of drug-likeness (QED) is 0.0474. The van der Waals surface area contributed by atoms with Crippen molar-refractivity contribution in [1.82, 2.24) is 35.5 Å². The molecule has 1 saturated carbocycles. The normalized spacial score (nSPS) is 17.8. The molecule has 2 aromatic carbocycles. The Hall–Kier alpha value is -6.23. The van der Waals surface area contributed by atoms with Crippen molar-refractivity contribution < 1.29 is 38.6 Å². The number of hydrogen-bond donors (Lipinski definition) is 5. The minimum atomic E-state index is -1.36. The molecular formula is C46H58N8O9. The zero-order chi connectivity index (χ0) is 45.1. The van der Waals surface area contributed by atoms with Gasteiger partial charge in [-0.15, -0.1) is 5.10 Å². The molecule has 0 radical (unpaired) electrons. The number of aromatic nitrogens is 4. The van der Waals surface area contributed by atoms with Crippen LogP contribution in [0.15, 0.2) is 71.7 Å². The molecule has 4 atom stereocenters. The van der Waals surface area contributed by atoms with Gasteiger partial charge in [0.2, 0.25) is 17.6 Å². The third kappa shape index (κ3) is 12.2. The van der Waals surface area contributed by atoms with E-state index in [9.17, 15) is 38.7 Å². The molecule has 0 bridgehead atoms. The number of ketones is 2. The molecule has 4 amide bonds. The number of nitrogens with two attached hydrogens (primary N) is 1. The van der Waals surface area contributed by atoms with Gasteiger partial charge in [-0.1, -0.05) is 85.8 Å². The molecule has 4 aromatic rings. The van der Waals surface area contributed by atoms with Gasteiger partial charge >= 0.3 is 6.09 Å². The Morgan fingerprint density at radius 1 is 0.984 bits per heavy atom. The number of nitrogens with one attached hydrogen (secondary N) is 3. The molecule has 336 valence electrons. The number of hydrogen-bond acceptors (Lipinski definition) is 11. The molecule has 63 heavy (non-hydrogen) atoms. The Kier molecular flexibility index (Phi) is 15.6. The summed E-state index contributed by atoms with van der Waals surface area (Å²) in [6.45, 7) is 3.46. The fraction of sp³-hybridized carbons (Fsp3) is 0.500. The highest BCUT2D eigenvalue weighted by Gasteiger charge is 2.45. The first-order valence-corrected chi connectivity index (χ1v) is 21.9. The van der Waals surface area contributed by atoms with Crippen LogP contribution in [0.4, 0.5) is 4.79 Å². The number of pyridine rings is 1. The van der Waals surface area contributed by atoms with Crippen molar-refractivity contribution in [3.05, 3.63) is 94.2 Å². The van der Waals surface area contributed by atoms with Gasteiger partial charge in [0.05, 0.1) is 29.7 Å². The summed E-state index contributed by atoms with van der Waals surface area (Å²) in [7, 11) is 0. The maximum Gasteiger partial charge on any atom is 0.407 e. The van der Waals surface area contributed by atoms with Crippen LogP contribution in [-0.2, 0) is 36.1 Å². The lowest BCUT2D eigenvalue weighted by atomic mass is 9.80. The van der Waals surface area contributed by atoms with E-state index in [1.807, 2.05) is 30.3 Å². The minimum Gasteiger partial charge on any atom is -0.445 e. The molecular weight excluding hydrogens is 809 g/mol. The number of alkyl carbamates (subject to hydrolysis) is 1. The summed E-state index contributed by atoms with van der Waals surface area (Å²) in [6, 6.07) is 14.8. The number of fused-ring (bicyclic) bond motifs is 1. The molecule has 6 rings (SSSR count). The second-order valence-corrected chi connectivity index (χ2v) is 17.3. The lowest BCUT2D eigenvalue weighted by Gasteiger charge is -2.32. The fourth-order valence-electron chi connectivity index (χ4n) is 8.78. The number of amides is 4. The first-order chi connectivity index (χ1) is 30.2. The number of carbonyl (C=O) groups excluding carboxylic acids is 6. The Bertz CT molecular complexity index is 2310. The Balaban J connectivity index is 1.19. The number of likely N-dealkylation sites (tertiary alicyclic amines) is 1. The molecule has 2 aliphatic rings. The molecule has 0 spiro atoms. The highest BCUT2D eigenvalue weighted by molar-refractivity contribution is 6.37. The number of nitrogens with zero attached hydrogens (tertiary/aromatic N) is 4. The average molecular weight is 867 g/mol. The molecule has 1 aliphatic carbocycles. The second kappa shape index (κ2) is 21.2. The topological polar surface area (TPSA) is 249 Å². The van der Waals surface area contributed by atoms with E-state index in [1.54, 1.807) is 44.2 Å². The predicted octanol–water partition coefficient (Wildman–Crippen LogP) is 4.37. The van der Waals surface area contributed by atoms with Crippen molar-refractivity contribution in [3.63, 3.8) is 0 Å². The highest BCUT2D eigenvalue weighted by atomic mass is 16.5. The molecule has 17 heteroatoms. The number of aromatic amines is 1. The summed E-state index contributed by atoms with van der Waals surface area (Å²) in [5.74, 6) is -4.04. The maximum atomic E-state index is 15.0. The van der Waals surface area contributed by atoms with Crippen LogP contribution in [0, 0.1) is 11.8 Å². The Labute approximate surface area is 365 Å². The zero-order valence-corrected chi connectivity index (χ0v) is 35.9. The van der Waals surface area contributed by atoms with E-state index in [0.717, 1.165) is 37.7 Å². The lowest BCUT2D eigenvalue weighted by molar-refractivity contribution is -0.143. The van der Waals surface area contributed by atoms with Crippen LogP contribution in [0.2, 0.25) is 0 Å². The summed E-state index contributed by atoms with van der Waals surface area (Å²) in [4.78, 5) is 97.6. The van der Waals surface area contributed by atoms with Crippen LogP contribution in [0.3, 0.4) is 0 Å². The van der Waals surface area contributed by atoms with Crippen molar-refractivity contribution in [2.24, 2.45) is 17.6 Å². The monoisotopic (exact) mass is 866 g/mol. The Morgan fingerprint density at radius 3 is 2.44 bits per heavy atom. The number of aliphatic hydroxyl groups is 1. The van der Waals surface area contributed by atoms with Crippen molar-refractivity contribution in [3.8, 4) is 0 Å². The molecule has 17 nitrogen and oxygen atoms in total. The van der Waals surface area contributed by atoms with Gasteiger partial charge in [0.15, 0.2) is 5.78 Å². The second-order valence-electron chi connectivity index (χ2n) is 17.3. The summed E-state index contributed by atoms with van der Waals surface area (Å²) in [6.07, 6.45) is 7.19. The number of rotatable bonds is 20. The van der Waals surface area contributed by atoms with Crippen LogP contribution in [0.1, 0.15) is 119 Å². The molecule has 1 aliphatic heterocycles. The molecule has 2 aromatic heterocycles. The van der Waals surface area contributed by atoms with E-state index in [-0.39, 0.29) is 74.2 Å². The largest absolute Gasteiger partial charge is 0.445 e. The number of ether oxygens (including phenoxy) is 1. The number of primary amides is 1. The summed E-state index contributed by atoms with van der Waals surface area (Å²) in [5, 5.41) is 25.7. The number of carbonyl (C=O) groups is 6. The van der Waals surface area contributed by atoms with E-state index in [2.05, 4.69) is 25.9 Å². The van der Waals surface area contributed by atoms with Gasteiger partial charge in [0.1, 0.15) is 18.2 Å². The molecule has 2 fully saturated rings. The predicted molar refractivity (Wildman–Crippen MR) is 232 cm³/mol. The van der Waals surface area contributed by atoms with Crippen molar-refractivity contribution in [1.29, 1.82) is 0 Å². The zero-order valence-electron chi connectivity index (χ0n) is 35.9. The average Bonchev–Trinajstić information content (AvgIpc) is 3.96. The van der Waals surface area contributed by atoms with Crippen molar-refractivity contribution >= 4 is 46.2 Å². The van der Waals surface area contributed by atoms with Gasteiger partial charge < -0.3 is 36.1 Å². The van der Waals surface area contributed by atoms with E-state index in [0.29, 0.717) is 35.7 Å². The molecule has 1 unspecified atom stereocenters. The first kappa shape index (κ1) is 46.3. The SMILES string of the molecule is CC(C)(O)c1cnnn1[C@H]1C[C@@H](C(=O)NC(CCCCNC(=O)OCc2ccccc2)C(=O)C(N)=O)N(C(=O)[C@H](CCC(=O)c2cc3ccccc3c(=O)[nH]2)CC2CCCCC2)C1. The molecule has 3 heterocycles. The first-order valence-electron chi connectivity index (χ1n) is 21.9. The number of unbranched alkanes of at least 4 members (excludes halogenated alkanes) is 1. The lowest BCUT2D eigenvalue weighted by Crippen LogP contribution is -2.53.